The monoisotopic (exact) mass is 164 g/mol. The van der Waals surface area contributed by atoms with Gasteiger partial charge < -0.3 is 15.0 Å². The van der Waals surface area contributed by atoms with Crippen LogP contribution in [0.3, 0.4) is 0 Å². The van der Waals surface area contributed by atoms with E-state index < -0.39 is 12.1 Å². The number of aliphatic hydroxyl groups excluding tert-OH is 1. The molecule has 0 saturated carbocycles. The normalized spacial score (nSPS) is 28.1. The molecule has 11 heavy (non-hydrogen) atoms. The molecule has 0 heterocycles. The number of aliphatic hydroxyl groups is 1. The minimum atomic E-state index is -1.10. The van der Waals surface area contributed by atoms with Gasteiger partial charge in [-0.15, -0.1) is 0 Å². The van der Waals surface area contributed by atoms with E-state index in [2.05, 4.69) is 0 Å². The summed E-state index contributed by atoms with van der Waals surface area (Å²) in [6.45, 7) is 0. The largest absolute Gasteiger partial charge is 1.00 e. The van der Waals surface area contributed by atoms with Gasteiger partial charge in [0.2, 0.25) is 0 Å². The second-order valence-electron chi connectivity index (χ2n) is 2.47. The Morgan fingerprint density at radius 1 is 1.73 bits per heavy atom. The third-order valence-corrected chi connectivity index (χ3v) is 1.66. The van der Waals surface area contributed by atoms with Gasteiger partial charge >= 0.3 is 29.6 Å². The van der Waals surface area contributed by atoms with E-state index in [1.54, 1.807) is 12.2 Å². The Hall–Kier alpha value is 0.170. The SMILES string of the molecule is O=C([O-])C[C@@H]1C=CC[C@H]1O.[Na+]. The van der Waals surface area contributed by atoms with Crippen LogP contribution in [0.25, 0.3) is 0 Å². The quantitative estimate of drug-likeness (QED) is 0.335. The Kier molecular flexibility index (Phi) is 5.01. The first-order chi connectivity index (χ1) is 4.70. The Morgan fingerprint density at radius 2 is 2.36 bits per heavy atom. The van der Waals surface area contributed by atoms with Crippen LogP contribution in [0, 0.1) is 5.92 Å². The summed E-state index contributed by atoms with van der Waals surface area (Å²) in [4.78, 5) is 10.0. The van der Waals surface area contributed by atoms with Crippen molar-refractivity contribution in [3.63, 3.8) is 0 Å². The summed E-state index contributed by atoms with van der Waals surface area (Å²) in [5.41, 5.74) is 0. The van der Waals surface area contributed by atoms with Crippen molar-refractivity contribution in [1.29, 1.82) is 0 Å². The Balaban J connectivity index is 0.000001000. The fourth-order valence-corrected chi connectivity index (χ4v) is 1.09. The van der Waals surface area contributed by atoms with E-state index >= 15 is 0 Å². The number of carboxylic acids is 1. The maximum Gasteiger partial charge on any atom is 1.00 e. The molecule has 0 radical (unpaired) electrons. The number of carboxylic acid groups (broad SMARTS) is 1. The molecule has 1 N–H and O–H groups in total. The first kappa shape index (κ1) is 11.2. The van der Waals surface area contributed by atoms with Crippen molar-refractivity contribution in [2.24, 2.45) is 5.92 Å². The summed E-state index contributed by atoms with van der Waals surface area (Å²) >= 11 is 0. The third kappa shape index (κ3) is 3.38. The molecule has 0 spiro atoms. The van der Waals surface area contributed by atoms with E-state index in [1.165, 1.54) is 0 Å². The summed E-state index contributed by atoms with van der Waals surface area (Å²) in [5, 5.41) is 19.1. The van der Waals surface area contributed by atoms with E-state index in [1.807, 2.05) is 0 Å². The molecule has 0 aliphatic heterocycles. The van der Waals surface area contributed by atoms with Crippen LogP contribution in [0.2, 0.25) is 0 Å². The first-order valence-electron chi connectivity index (χ1n) is 3.24. The minimum Gasteiger partial charge on any atom is -0.550 e. The van der Waals surface area contributed by atoms with Gasteiger partial charge in [0.15, 0.2) is 0 Å². The van der Waals surface area contributed by atoms with Gasteiger partial charge in [0.25, 0.3) is 0 Å². The van der Waals surface area contributed by atoms with Crippen LogP contribution in [-0.4, -0.2) is 17.2 Å². The molecule has 0 saturated heterocycles. The molecule has 1 aliphatic rings. The van der Waals surface area contributed by atoms with E-state index in [4.69, 9.17) is 5.11 Å². The van der Waals surface area contributed by atoms with Crippen LogP contribution < -0.4 is 34.7 Å². The van der Waals surface area contributed by atoms with Crippen molar-refractivity contribution in [2.75, 3.05) is 0 Å². The van der Waals surface area contributed by atoms with E-state index in [0.717, 1.165) is 0 Å². The van der Waals surface area contributed by atoms with Crippen molar-refractivity contribution in [2.45, 2.75) is 18.9 Å². The van der Waals surface area contributed by atoms with Gasteiger partial charge in [-0.1, -0.05) is 12.2 Å². The number of hydrogen-bond acceptors (Lipinski definition) is 3. The average molecular weight is 164 g/mol. The Bertz CT molecular complexity index is 167. The summed E-state index contributed by atoms with van der Waals surface area (Å²) in [7, 11) is 0. The van der Waals surface area contributed by atoms with Crippen LogP contribution in [0.1, 0.15) is 12.8 Å². The number of aliphatic carboxylic acids is 1. The molecule has 1 aliphatic carbocycles. The maximum absolute atomic E-state index is 10.0. The fourth-order valence-electron chi connectivity index (χ4n) is 1.09. The van der Waals surface area contributed by atoms with Crippen molar-refractivity contribution in [1.82, 2.24) is 0 Å². The molecule has 0 amide bonds. The zero-order valence-electron chi connectivity index (χ0n) is 6.49. The summed E-state index contributed by atoms with van der Waals surface area (Å²) in [6, 6.07) is 0. The third-order valence-electron chi connectivity index (χ3n) is 1.66. The predicted octanol–water partition coefficient (Wildman–Crippen LogP) is -3.93. The van der Waals surface area contributed by atoms with Crippen LogP contribution in [-0.2, 0) is 4.79 Å². The number of carbonyl (C=O) groups excluding carboxylic acids is 1. The van der Waals surface area contributed by atoms with Gasteiger partial charge in [-0.25, -0.2) is 0 Å². The van der Waals surface area contributed by atoms with Gasteiger partial charge in [-0.05, 0) is 12.8 Å². The molecule has 0 aromatic rings. The molecular formula is C7H9NaO3. The molecule has 4 heteroatoms. The molecule has 56 valence electrons. The van der Waals surface area contributed by atoms with Crippen molar-refractivity contribution < 1.29 is 44.6 Å². The van der Waals surface area contributed by atoms with Gasteiger partial charge in [0, 0.05) is 11.9 Å². The van der Waals surface area contributed by atoms with Crippen LogP contribution in [0.5, 0.6) is 0 Å². The summed E-state index contributed by atoms with van der Waals surface area (Å²) in [6.07, 6.45) is 3.49. The number of rotatable bonds is 2. The smallest absolute Gasteiger partial charge is 0.550 e. The van der Waals surface area contributed by atoms with E-state index in [0.29, 0.717) is 6.42 Å². The predicted molar refractivity (Wildman–Crippen MR) is 32.9 cm³/mol. The van der Waals surface area contributed by atoms with Gasteiger partial charge in [0.05, 0.1) is 6.10 Å². The van der Waals surface area contributed by atoms with Gasteiger partial charge in [-0.2, -0.15) is 0 Å². The van der Waals surface area contributed by atoms with Crippen molar-refractivity contribution in [3.8, 4) is 0 Å². The Morgan fingerprint density at radius 3 is 2.73 bits per heavy atom. The average Bonchev–Trinajstić information content (AvgIpc) is 2.15. The zero-order valence-corrected chi connectivity index (χ0v) is 8.49. The molecule has 0 fully saturated rings. The second-order valence-corrected chi connectivity index (χ2v) is 2.47. The van der Waals surface area contributed by atoms with Crippen molar-refractivity contribution in [3.05, 3.63) is 12.2 Å². The number of carbonyl (C=O) groups is 1. The van der Waals surface area contributed by atoms with E-state index in [9.17, 15) is 9.90 Å². The van der Waals surface area contributed by atoms with Crippen LogP contribution in [0.4, 0.5) is 0 Å². The van der Waals surface area contributed by atoms with E-state index in [-0.39, 0.29) is 41.9 Å². The molecule has 0 unspecified atom stereocenters. The molecule has 0 aromatic heterocycles. The van der Waals surface area contributed by atoms with Crippen LogP contribution >= 0.6 is 0 Å². The molecular weight excluding hydrogens is 155 g/mol. The number of hydrogen-bond donors (Lipinski definition) is 1. The maximum atomic E-state index is 10.0. The molecule has 1 rings (SSSR count). The van der Waals surface area contributed by atoms with Gasteiger partial charge in [0.1, 0.15) is 0 Å². The first-order valence-corrected chi connectivity index (χ1v) is 3.24. The molecule has 2 atom stereocenters. The molecule has 0 aromatic carbocycles. The Labute approximate surface area is 87.4 Å². The fraction of sp³-hybridized carbons (Fsp3) is 0.571. The van der Waals surface area contributed by atoms with Crippen LogP contribution in [0.15, 0.2) is 12.2 Å². The summed E-state index contributed by atoms with van der Waals surface area (Å²) in [5.74, 6) is -1.33. The zero-order chi connectivity index (χ0) is 7.56. The topological polar surface area (TPSA) is 60.4 Å². The second kappa shape index (κ2) is 4.93. The summed E-state index contributed by atoms with van der Waals surface area (Å²) < 4.78 is 0. The van der Waals surface area contributed by atoms with Crippen molar-refractivity contribution >= 4 is 5.97 Å². The molecule has 3 nitrogen and oxygen atoms in total. The minimum absolute atomic E-state index is 0. The molecule has 0 bridgehead atoms. The van der Waals surface area contributed by atoms with Gasteiger partial charge in [-0.3, -0.25) is 0 Å². The standard InChI is InChI=1S/C7H10O3.Na/c8-6-3-1-2-5(6)4-7(9)10;/h1-2,5-6,8H,3-4H2,(H,9,10);/q;+1/p-1/t5-,6+;/m0./s1.